The fourth-order valence-corrected chi connectivity index (χ4v) is 4.80. The minimum Gasteiger partial charge on any atom is -0.376 e. The Hall–Kier alpha value is -1.97. The van der Waals surface area contributed by atoms with E-state index >= 15 is 0 Å². The number of rotatable bonds is 7. The zero-order valence-corrected chi connectivity index (χ0v) is 16.5. The van der Waals surface area contributed by atoms with Gasteiger partial charge in [-0.05, 0) is 43.5 Å². The Morgan fingerprint density at radius 1 is 1.44 bits per heavy atom. The number of amides is 1. The van der Waals surface area contributed by atoms with Crippen LogP contribution in [-0.4, -0.2) is 46.9 Å². The maximum absolute atomic E-state index is 12.5. The Kier molecular flexibility index (Phi) is 5.42. The number of aromatic nitrogens is 2. The summed E-state index contributed by atoms with van der Waals surface area (Å²) in [4.78, 5) is 24.2. The summed E-state index contributed by atoms with van der Waals surface area (Å²) >= 11 is 2.82. The van der Waals surface area contributed by atoms with Gasteiger partial charge in [-0.3, -0.25) is 9.59 Å². The zero-order chi connectivity index (χ0) is 18.8. The van der Waals surface area contributed by atoms with E-state index in [4.69, 9.17) is 4.74 Å². The lowest BCUT2D eigenvalue weighted by molar-refractivity contribution is -0.116. The van der Waals surface area contributed by atoms with E-state index in [0.717, 1.165) is 46.7 Å². The van der Waals surface area contributed by atoms with Crippen LogP contribution < -0.4 is 10.6 Å². The summed E-state index contributed by atoms with van der Waals surface area (Å²) in [6, 6.07) is 5.37. The van der Waals surface area contributed by atoms with Crippen LogP contribution in [0.15, 0.2) is 22.5 Å². The molecule has 2 atom stereocenters. The first kappa shape index (κ1) is 18.4. The predicted octanol–water partition coefficient (Wildman–Crippen LogP) is 3.16. The number of nitrogens with zero attached hydrogens (tertiary/aromatic N) is 2. The van der Waals surface area contributed by atoms with Gasteiger partial charge in [0, 0.05) is 24.4 Å². The largest absolute Gasteiger partial charge is 0.376 e. The molecule has 27 heavy (non-hydrogen) atoms. The fraction of sp³-hybridized carbons (Fsp3) is 0.444. The molecule has 0 spiro atoms. The average Bonchev–Trinajstić information content (AvgIpc) is 3.40. The van der Waals surface area contributed by atoms with Gasteiger partial charge in [0.1, 0.15) is 0 Å². The van der Waals surface area contributed by atoms with Gasteiger partial charge < -0.3 is 15.4 Å². The minimum absolute atomic E-state index is 0.0124. The molecular weight excluding hydrogens is 384 g/mol. The zero-order valence-electron chi connectivity index (χ0n) is 14.9. The second-order valence-electron chi connectivity index (χ2n) is 6.61. The van der Waals surface area contributed by atoms with Gasteiger partial charge in [0.05, 0.1) is 17.8 Å². The second kappa shape index (κ2) is 7.95. The molecule has 2 N–H and O–H groups in total. The molecule has 142 valence electrons. The lowest BCUT2D eigenvalue weighted by atomic mass is 9.99. The van der Waals surface area contributed by atoms with Gasteiger partial charge >= 0.3 is 0 Å². The van der Waals surface area contributed by atoms with E-state index in [2.05, 4.69) is 20.8 Å². The molecule has 2 aliphatic rings. The van der Waals surface area contributed by atoms with Crippen LogP contribution in [0.2, 0.25) is 0 Å². The molecule has 4 rings (SSSR count). The maximum atomic E-state index is 12.5. The highest BCUT2D eigenvalue weighted by molar-refractivity contribution is 8.01. The van der Waals surface area contributed by atoms with Crippen LogP contribution in [0.5, 0.6) is 0 Å². The van der Waals surface area contributed by atoms with Gasteiger partial charge in [0.2, 0.25) is 11.0 Å². The van der Waals surface area contributed by atoms with Crippen molar-refractivity contribution in [3.05, 3.63) is 29.3 Å². The molecule has 2 aromatic rings. The topological polar surface area (TPSA) is 93.2 Å². The van der Waals surface area contributed by atoms with Crippen LogP contribution in [-0.2, 0) is 9.53 Å². The Balaban J connectivity index is 1.31. The molecule has 0 bridgehead atoms. The summed E-state index contributed by atoms with van der Waals surface area (Å²) in [6.07, 6.45) is 2.43. The molecule has 1 amide bonds. The van der Waals surface area contributed by atoms with E-state index in [9.17, 15) is 9.59 Å². The van der Waals surface area contributed by atoms with Gasteiger partial charge in [-0.2, -0.15) is 0 Å². The monoisotopic (exact) mass is 404 g/mol. The number of hydrogen-bond donors (Lipinski definition) is 2. The van der Waals surface area contributed by atoms with Crippen molar-refractivity contribution in [3.8, 4) is 0 Å². The molecule has 0 radical (unpaired) electrons. The van der Waals surface area contributed by atoms with E-state index < -0.39 is 0 Å². The molecule has 2 aliphatic heterocycles. The quantitative estimate of drug-likeness (QED) is 0.541. The molecule has 0 saturated carbocycles. The maximum Gasteiger partial charge on any atom is 0.231 e. The van der Waals surface area contributed by atoms with Crippen molar-refractivity contribution in [2.45, 2.75) is 36.1 Å². The van der Waals surface area contributed by atoms with Crippen molar-refractivity contribution < 1.29 is 14.3 Å². The van der Waals surface area contributed by atoms with E-state index in [1.54, 1.807) is 12.1 Å². The van der Waals surface area contributed by atoms with E-state index in [0.29, 0.717) is 5.56 Å². The molecule has 2 unspecified atom stereocenters. The van der Waals surface area contributed by atoms with Crippen LogP contribution in [0.4, 0.5) is 10.8 Å². The van der Waals surface area contributed by atoms with Crippen LogP contribution in [0.1, 0.15) is 41.6 Å². The molecular formula is C18H20N4O3S2. The number of carbonyl (C=O) groups excluding carboxylic acids is 2. The molecule has 1 fully saturated rings. The number of hydrogen-bond acceptors (Lipinski definition) is 8. The van der Waals surface area contributed by atoms with Crippen molar-refractivity contribution in [2.75, 3.05) is 29.5 Å². The Morgan fingerprint density at radius 3 is 3.15 bits per heavy atom. The van der Waals surface area contributed by atoms with Crippen molar-refractivity contribution in [1.82, 2.24) is 10.2 Å². The van der Waals surface area contributed by atoms with Crippen LogP contribution >= 0.6 is 23.1 Å². The van der Waals surface area contributed by atoms with Crippen LogP contribution in [0.3, 0.4) is 0 Å². The van der Waals surface area contributed by atoms with Gasteiger partial charge in [-0.25, -0.2) is 0 Å². The number of Topliss-reactive ketones (excluding diaryl/α,β-unsaturated/α-hetero) is 1. The average molecular weight is 405 g/mol. The fourth-order valence-electron chi connectivity index (χ4n) is 3.15. The van der Waals surface area contributed by atoms with Gasteiger partial charge in [-0.1, -0.05) is 23.1 Å². The third-order valence-electron chi connectivity index (χ3n) is 4.73. The summed E-state index contributed by atoms with van der Waals surface area (Å²) in [5.41, 5.74) is 2.29. The number of carbonyl (C=O) groups is 2. The molecule has 3 heterocycles. The van der Waals surface area contributed by atoms with Crippen LogP contribution in [0.25, 0.3) is 0 Å². The summed E-state index contributed by atoms with van der Waals surface area (Å²) < 4.78 is 6.33. The van der Waals surface area contributed by atoms with Crippen molar-refractivity contribution in [1.29, 1.82) is 0 Å². The number of nitrogens with one attached hydrogen (secondary N) is 2. The highest BCUT2D eigenvalue weighted by Gasteiger charge is 2.27. The van der Waals surface area contributed by atoms with Gasteiger partial charge in [-0.15, -0.1) is 10.2 Å². The Labute approximate surface area is 165 Å². The second-order valence-corrected chi connectivity index (χ2v) is 8.81. The normalized spacial score (nSPS) is 21.1. The molecule has 1 saturated heterocycles. The molecule has 1 aromatic carbocycles. The first-order valence-corrected chi connectivity index (χ1v) is 10.7. The number of anilines is 2. The summed E-state index contributed by atoms with van der Waals surface area (Å²) in [5, 5.41) is 15.1. The van der Waals surface area contributed by atoms with Crippen LogP contribution in [0, 0.1) is 0 Å². The highest BCUT2D eigenvalue weighted by Crippen LogP contribution is 2.33. The standard InChI is InChI=1S/C18H20N4O3S2/c1-10-13-7-11(4-5-14(13)20-16(10)24)15(23)9-26-18-22-21-17(27-18)19-8-12-3-2-6-25-12/h4-5,7,10,12H,2-3,6,8-9H2,1H3,(H,19,21)(H,20,24). The first-order chi connectivity index (χ1) is 13.1. The summed E-state index contributed by atoms with van der Waals surface area (Å²) in [7, 11) is 0. The number of ketones is 1. The Morgan fingerprint density at radius 2 is 2.33 bits per heavy atom. The highest BCUT2D eigenvalue weighted by atomic mass is 32.2. The SMILES string of the molecule is CC1C(=O)Nc2ccc(C(=O)CSc3nnc(NCC4CCCO4)s3)cc21. The van der Waals surface area contributed by atoms with Crippen molar-refractivity contribution >= 4 is 45.6 Å². The van der Waals surface area contributed by atoms with E-state index in [1.807, 2.05) is 13.0 Å². The van der Waals surface area contributed by atoms with Gasteiger partial charge in [0.25, 0.3) is 0 Å². The first-order valence-electron chi connectivity index (χ1n) is 8.90. The number of ether oxygens (including phenoxy) is 1. The molecule has 9 heteroatoms. The van der Waals surface area contributed by atoms with Crippen molar-refractivity contribution in [3.63, 3.8) is 0 Å². The summed E-state index contributed by atoms with van der Waals surface area (Å²) in [6.45, 7) is 3.41. The lowest BCUT2D eigenvalue weighted by Crippen LogP contribution is -2.18. The third-order valence-corrected chi connectivity index (χ3v) is 6.74. The van der Waals surface area contributed by atoms with E-state index in [-0.39, 0.29) is 29.5 Å². The van der Waals surface area contributed by atoms with Gasteiger partial charge in [0.15, 0.2) is 10.1 Å². The molecule has 1 aromatic heterocycles. The Bertz CT molecular complexity index is 864. The smallest absolute Gasteiger partial charge is 0.231 e. The number of fused-ring (bicyclic) bond motifs is 1. The number of thioether (sulfide) groups is 1. The predicted molar refractivity (Wildman–Crippen MR) is 106 cm³/mol. The minimum atomic E-state index is -0.221. The lowest BCUT2D eigenvalue weighted by Gasteiger charge is -2.08. The number of benzene rings is 1. The van der Waals surface area contributed by atoms with Crippen molar-refractivity contribution in [2.24, 2.45) is 0 Å². The third kappa shape index (κ3) is 4.15. The molecule has 0 aliphatic carbocycles. The summed E-state index contributed by atoms with van der Waals surface area (Å²) in [5.74, 6) is 0.0508. The van der Waals surface area contributed by atoms with E-state index in [1.165, 1.54) is 23.1 Å². The molecule has 7 nitrogen and oxygen atoms in total.